The van der Waals surface area contributed by atoms with E-state index in [4.69, 9.17) is 5.73 Å². The van der Waals surface area contributed by atoms with Gasteiger partial charge in [-0.05, 0) is 5.56 Å². The number of carbonyl (C=O) groups is 2. The second-order valence-electron chi connectivity index (χ2n) is 3.74. The van der Waals surface area contributed by atoms with E-state index < -0.39 is 11.9 Å². The molecule has 4 N–H and O–H groups in total. The van der Waals surface area contributed by atoms with Gasteiger partial charge in [0, 0.05) is 6.54 Å². The average molecular weight is 251 g/mol. The maximum Gasteiger partial charge on any atom is 0.237 e. The van der Waals surface area contributed by atoms with Crippen LogP contribution in [0.5, 0.6) is 0 Å². The summed E-state index contributed by atoms with van der Waals surface area (Å²) in [7, 11) is 1.36. The number of nitrogens with two attached hydrogens (primary N) is 1. The zero-order valence-electron chi connectivity index (χ0n) is 10.2. The van der Waals surface area contributed by atoms with Gasteiger partial charge in [-0.1, -0.05) is 30.3 Å². The largest absolute Gasteiger partial charge is 0.368 e. The molecule has 1 atom stereocenters. The van der Waals surface area contributed by atoms with Crippen LogP contribution in [0.3, 0.4) is 0 Å². The maximum absolute atomic E-state index is 11.6. The Labute approximate surface area is 105 Å². The highest BCUT2D eigenvalue weighted by Gasteiger charge is 2.18. The molecule has 0 aliphatic carbocycles. The molecule has 0 heterocycles. The van der Waals surface area contributed by atoms with Crippen LogP contribution in [0.25, 0.3) is 0 Å². The molecule has 2 amide bonds. The predicted octanol–water partition coefficient (Wildman–Crippen LogP) is -0.302. The second-order valence-corrected chi connectivity index (χ2v) is 3.74. The molecule has 0 saturated carbocycles. The fraction of sp³-hybridized carbons (Fsp3) is 0.333. The lowest BCUT2D eigenvalue weighted by molar-refractivity contribution is -0.129. The Morgan fingerprint density at radius 1 is 1.33 bits per heavy atom. The zero-order chi connectivity index (χ0) is 13.4. The Morgan fingerprint density at radius 3 is 2.56 bits per heavy atom. The summed E-state index contributed by atoms with van der Waals surface area (Å²) in [5.41, 5.74) is 8.48. The number of amides is 2. The summed E-state index contributed by atoms with van der Waals surface area (Å²) in [5, 5.41) is 2.70. The highest BCUT2D eigenvalue weighted by molar-refractivity contribution is 5.87. The molecule has 0 aromatic heterocycles. The first-order chi connectivity index (χ1) is 8.63. The molecule has 0 aliphatic rings. The van der Waals surface area contributed by atoms with Crippen molar-refractivity contribution in [3.8, 4) is 0 Å². The quantitative estimate of drug-likeness (QED) is 0.580. The summed E-state index contributed by atoms with van der Waals surface area (Å²) in [6, 6.07) is 8.65. The smallest absolute Gasteiger partial charge is 0.237 e. The van der Waals surface area contributed by atoms with E-state index in [1.807, 2.05) is 30.3 Å². The summed E-state index contributed by atoms with van der Waals surface area (Å²) < 4.78 is 0. The van der Waals surface area contributed by atoms with Crippen LogP contribution < -0.4 is 16.5 Å². The van der Waals surface area contributed by atoms with E-state index in [0.29, 0.717) is 6.54 Å². The Hall–Kier alpha value is -1.92. The molecule has 0 saturated heterocycles. The van der Waals surface area contributed by atoms with Gasteiger partial charge in [0.1, 0.15) is 6.04 Å². The van der Waals surface area contributed by atoms with Crippen LogP contribution in [-0.2, 0) is 21.0 Å². The van der Waals surface area contributed by atoms with E-state index in [-0.39, 0.29) is 12.3 Å². The molecule has 0 aliphatic heterocycles. The summed E-state index contributed by atoms with van der Waals surface area (Å²) in [6.45, 7) is 0.415. The van der Waals surface area contributed by atoms with E-state index in [0.717, 1.165) is 5.56 Å². The zero-order valence-corrected chi connectivity index (χ0v) is 10.2. The molecular formula is C12H17N3O3. The van der Waals surface area contributed by atoms with Crippen LogP contribution >= 0.6 is 0 Å². The predicted molar refractivity (Wildman–Crippen MR) is 66.0 cm³/mol. The second kappa shape index (κ2) is 7.41. The van der Waals surface area contributed by atoms with Crippen LogP contribution in [0, 0.1) is 0 Å². The molecule has 1 rings (SSSR count). The molecule has 18 heavy (non-hydrogen) atoms. The van der Waals surface area contributed by atoms with Crippen molar-refractivity contribution in [2.75, 3.05) is 7.11 Å². The van der Waals surface area contributed by atoms with Gasteiger partial charge in [0.05, 0.1) is 13.5 Å². The van der Waals surface area contributed by atoms with Gasteiger partial charge in [-0.15, -0.1) is 0 Å². The molecule has 0 fully saturated rings. The molecule has 6 nitrogen and oxygen atoms in total. The SMILES string of the molecule is CONC(CC(=O)NCc1ccccc1)C(N)=O. The number of hydrogen-bond donors (Lipinski definition) is 3. The minimum atomic E-state index is -0.828. The minimum absolute atomic E-state index is 0.0595. The number of carbonyl (C=O) groups excluding carboxylic acids is 2. The fourth-order valence-electron chi connectivity index (χ4n) is 1.40. The third kappa shape index (κ3) is 4.94. The third-order valence-corrected chi connectivity index (χ3v) is 2.33. The van der Waals surface area contributed by atoms with E-state index in [1.165, 1.54) is 7.11 Å². The van der Waals surface area contributed by atoms with E-state index in [9.17, 15) is 9.59 Å². The van der Waals surface area contributed by atoms with Gasteiger partial charge < -0.3 is 15.9 Å². The van der Waals surface area contributed by atoms with Crippen LogP contribution in [0.4, 0.5) is 0 Å². The number of primary amides is 1. The van der Waals surface area contributed by atoms with Gasteiger partial charge in [-0.25, -0.2) is 0 Å². The van der Waals surface area contributed by atoms with Crippen molar-refractivity contribution in [1.82, 2.24) is 10.8 Å². The molecule has 98 valence electrons. The first-order valence-corrected chi connectivity index (χ1v) is 5.52. The maximum atomic E-state index is 11.6. The van der Waals surface area contributed by atoms with Crippen molar-refractivity contribution in [3.05, 3.63) is 35.9 Å². The van der Waals surface area contributed by atoms with Crippen LogP contribution in [0.2, 0.25) is 0 Å². The molecule has 0 bridgehead atoms. The lowest BCUT2D eigenvalue weighted by Crippen LogP contribution is -2.44. The van der Waals surface area contributed by atoms with Crippen molar-refractivity contribution in [2.45, 2.75) is 19.0 Å². The summed E-state index contributed by atoms with van der Waals surface area (Å²) in [4.78, 5) is 27.2. The van der Waals surface area contributed by atoms with Crippen LogP contribution in [0.15, 0.2) is 30.3 Å². The van der Waals surface area contributed by atoms with Crippen LogP contribution in [0.1, 0.15) is 12.0 Å². The van der Waals surface area contributed by atoms with Crippen molar-refractivity contribution in [2.24, 2.45) is 5.73 Å². The van der Waals surface area contributed by atoms with E-state index >= 15 is 0 Å². The normalized spacial score (nSPS) is 11.8. The van der Waals surface area contributed by atoms with Crippen molar-refractivity contribution in [1.29, 1.82) is 0 Å². The number of benzene rings is 1. The third-order valence-electron chi connectivity index (χ3n) is 2.33. The van der Waals surface area contributed by atoms with Crippen molar-refractivity contribution < 1.29 is 14.4 Å². The standard InChI is InChI=1S/C12H17N3O3/c1-18-15-10(12(13)17)7-11(16)14-8-9-5-3-2-4-6-9/h2-6,10,15H,7-8H2,1H3,(H2,13,17)(H,14,16). The molecule has 0 spiro atoms. The Kier molecular flexibility index (Phi) is 5.83. The highest BCUT2D eigenvalue weighted by atomic mass is 16.6. The monoisotopic (exact) mass is 251 g/mol. The molecular weight excluding hydrogens is 234 g/mol. The molecule has 0 radical (unpaired) electrons. The Morgan fingerprint density at radius 2 is 2.00 bits per heavy atom. The summed E-state index contributed by atoms with van der Waals surface area (Å²) in [5.74, 6) is -0.904. The topological polar surface area (TPSA) is 93.4 Å². The first-order valence-electron chi connectivity index (χ1n) is 5.52. The highest BCUT2D eigenvalue weighted by Crippen LogP contribution is 1.98. The summed E-state index contributed by atoms with van der Waals surface area (Å²) in [6.07, 6.45) is -0.0595. The van der Waals surface area contributed by atoms with Gasteiger partial charge >= 0.3 is 0 Å². The number of nitrogens with one attached hydrogen (secondary N) is 2. The van der Waals surface area contributed by atoms with Crippen LogP contribution in [-0.4, -0.2) is 25.0 Å². The lowest BCUT2D eigenvalue weighted by atomic mass is 10.2. The van der Waals surface area contributed by atoms with Crippen molar-refractivity contribution >= 4 is 11.8 Å². The fourth-order valence-corrected chi connectivity index (χ4v) is 1.40. The Bertz CT molecular complexity index is 395. The van der Waals surface area contributed by atoms with E-state index in [1.54, 1.807) is 0 Å². The van der Waals surface area contributed by atoms with Gasteiger partial charge in [0.2, 0.25) is 11.8 Å². The minimum Gasteiger partial charge on any atom is -0.368 e. The van der Waals surface area contributed by atoms with E-state index in [2.05, 4.69) is 15.6 Å². The molecule has 1 aromatic carbocycles. The van der Waals surface area contributed by atoms with Gasteiger partial charge in [0.15, 0.2) is 0 Å². The van der Waals surface area contributed by atoms with Gasteiger partial charge in [-0.3, -0.25) is 9.59 Å². The number of hydroxylamine groups is 1. The number of rotatable bonds is 7. The molecule has 1 aromatic rings. The van der Waals surface area contributed by atoms with Gasteiger partial charge in [0.25, 0.3) is 0 Å². The lowest BCUT2D eigenvalue weighted by Gasteiger charge is -2.13. The molecule has 6 heteroatoms. The number of hydrogen-bond acceptors (Lipinski definition) is 4. The van der Waals surface area contributed by atoms with Gasteiger partial charge in [-0.2, -0.15) is 5.48 Å². The average Bonchev–Trinajstić information content (AvgIpc) is 2.37. The Balaban J connectivity index is 2.39. The van der Waals surface area contributed by atoms with Crippen molar-refractivity contribution in [3.63, 3.8) is 0 Å². The summed E-state index contributed by atoms with van der Waals surface area (Å²) >= 11 is 0. The first kappa shape index (κ1) is 14.1. The molecule has 1 unspecified atom stereocenters.